The average Bonchev–Trinajstić information content (AvgIpc) is 2.97. The maximum absolute atomic E-state index is 13.2. The van der Waals surface area contributed by atoms with Gasteiger partial charge >= 0.3 is 0 Å². The Morgan fingerprint density at radius 1 is 1.07 bits per heavy atom. The first-order chi connectivity index (χ1) is 13.2. The van der Waals surface area contributed by atoms with Gasteiger partial charge < -0.3 is 5.32 Å². The number of hydrogen-bond acceptors (Lipinski definition) is 6. The zero-order valence-corrected chi connectivity index (χ0v) is 16.6. The van der Waals surface area contributed by atoms with Crippen molar-refractivity contribution in [3.8, 4) is 5.82 Å². The highest BCUT2D eigenvalue weighted by Gasteiger charge is 2.14. The van der Waals surface area contributed by atoms with Crippen LogP contribution in [0.3, 0.4) is 0 Å². The van der Waals surface area contributed by atoms with E-state index in [0.29, 0.717) is 24.0 Å². The van der Waals surface area contributed by atoms with Crippen LogP contribution in [0, 0.1) is 26.6 Å². The third-order valence-corrected chi connectivity index (χ3v) is 5.34. The zero-order chi connectivity index (χ0) is 20.3. The molecule has 2 aromatic heterocycles. The fraction of sp³-hybridized carbons (Fsp3) is 0.278. The van der Waals surface area contributed by atoms with E-state index in [2.05, 4.69) is 25.1 Å². The molecule has 3 rings (SSSR count). The van der Waals surface area contributed by atoms with Crippen molar-refractivity contribution < 1.29 is 12.8 Å². The van der Waals surface area contributed by atoms with Gasteiger partial charge in [0.15, 0.2) is 5.82 Å². The molecule has 0 unspecified atom stereocenters. The molecule has 2 heterocycles. The molecule has 0 saturated carbocycles. The van der Waals surface area contributed by atoms with Crippen molar-refractivity contribution in [1.29, 1.82) is 0 Å². The monoisotopic (exact) mass is 404 g/mol. The first kappa shape index (κ1) is 19.9. The van der Waals surface area contributed by atoms with Crippen LogP contribution >= 0.6 is 0 Å². The van der Waals surface area contributed by atoms with Gasteiger partial charge in [-0.1, -0.05) is 6.07 Å². The molecule has 8 nitrogen and oxygen atoms in total. The summed E-state index contributed by atoms with van der Waals surface area (Å²) in [6, 6.07) is 8.56. The van der Waals surface area contributed by atoms with Crippen LogP contribution in [0.15, 0.2) is 41.3 Å². The number of halogens is 1. The van der Waals surface area contributed by atoms with Gasteiger partial charge in [-0.2, -0.15) is 5.10 Å². The van der Waals surface area contributed by atoms with E-state index >= 15 is 0 Å². The first-order valence-electron chi connectivity index (χ1n) is 8.63. The number of anilines is 1. The molecule has 148 valence electrons. The summed E-state index contributed by atoms with van der Waals surface area (Å²) < 4.78 is 41.8. The minimum Gasteiger partial charge on any atom is -0.369 e. The third-order valence-electron chi connectivity index (χ3n) is 3.88. The molecule has 1 aromatic carbocycles. The Morgan fingerprint density at radius 3 is 2.54 bits per heavy atom. The standard InChI is InChI=1S/C18H21FN6O2S/c1-12-9-13(2)25(24-12)18-11-17(22-14(3)23-18)20-7-8-21-28(26,27)16-6-4-5-15(19)10-16/h4-6,9-11,21H,7-8H2,1-3H3,(H,20,22,23). The number of benzene rings is 1. The summed E-state index contributed by atoms with van der Waals surface area (Å²) in [6.07, 6.45) is 0. The molecule has 3 aromatic rings. The molecule has 0 radical (unpaired) electrons. The quantitative estimate of drug-likeness (QED) is 0.585. The van der Waals surface area contributed by atoms with Gasteiger partial charge in [-0.15, -0.1) is 0 Å². The van der Waals surface area contributed by atoms with Crippen LogP contribution in [0.5, 0.6) is 0 Å². The normalized spacial score (nSPS) is 11.6. The number of rotatable bonds is 7. The van der Waals surface area contributed by atoms with E-state index in [1.165, 1.54) is 18.2 Å². The van der Waals surface area contributed by atoms with E-state index in [0.717, 1.165) is 17.5 Å². The van der Waals surface area contributed by atoms with Gasteiger partial charge in [-0.3, -0.25) is 0 Å². The predicted molar refractivity (Wildman–Crippen MR) is 103 cm³/mol. The SMILES string of the molecule is Cc1cc(C)n(-c2cc(NCCNS(=O)(=O)c3cccc(F)c3)nc(C)n2)n1. The minimum absolute atomic E-state index is 0.108. The molecule has 28 heavy (non-hydrogen) atoms. The zero-order valence-electron chi connectivity index (χ0n) is 15.8. The fourth-order valence-corrected chi connectivity index (χ4v) is 3.77. The first-order valence-corrected chi connectivity index (χ1v) is 10.1. The van der Waals surface area contributed by atoms with Gasteiger partial charge in [0.25, 0.3) is 0 Å². The number of aryl methyl sites for hydroxylation is 3. The van der Waals surface area contributed by atoms with Gasteiger partial charge in [-0.25, -0.2) is 32.2 Å². The predicted octanol–water partition coefficient (Wildman–Crippen LogP) is 2.12. The Labute approximate surface area is 162 Å². The van der Waals surface area contributed by atoms with E-state index < -0.39 is 15.8 Å². The summed E-state index contributed by atoms with van der Waals surface area (Å²) >= 11 is 0. The van der Waals surface area contributed by atoms with E-state index in [1.807, 2.05) is 19.9 Å². The van der Waals surface area contributed by atoms with Crippen molar-refractivity contribution in [2.75, 3.05) is 18.4 Å². The van der Waals surface area contributed by atoms with Crippen molar-refractivity contribution in [3.05, 3.63) is 59.4 Å². The largest absolute Gasteiger partial charge is 0.369 e. The molecule has 0 aliphatic rings. The number of sulfonamides is 1. The molecular formula is C18H21FN6O2S. The molecular weight excluding hydrogens is 383 g/mol. The van der Waals surface area contributed by atoms with Crippen LogP contribution in [0.2, 0.25) is 0 Å². The lowest BCUT2D eigenvalue weighted by molar-refractivity contribution is 0.579. The van der Waals surface area contributed by atoms with Gasteiger partial charge in [0.1, 0.15) is 17.5 Å². The molecule has 0 amide bonds. The maximum atomic E-state index is 13.2. The van der Waals surface area contributed by atoms with Crippen LogP contribution in [0.4, 0.5) is 10.2 Å². The maximum Gasteiger partial charge on any atom is 0.240 e. The Bertz CT molecular complexity index is 1100. The van der Waals surface area contributed by atoms with Crippen molar-refractivity contribution in [2.24, 2.45) is 0 Å². The third kappa shape index (κ3) is 4.70. The van der Waals surface area contributed by atoms with Gasteiger partial charge in [-0.05, 0) is 45.0 Å². The lowest BCUT2D eigenvalue weighted by Gasteiger charge is -2.11. The molecule has 0 atom stereocenters. The highest BCUT2D eigenvalue weighted by molar-refractivity contribution is 7.89. The van der Waals surface area contributed by atoms with Gasteiger partial charge in [0.05, 0.1) is 10.6 Å². The highest BCUT2D eigenvalue weighted by Crippen LogP contribution is 2.14. The Morgan fingerprint density at radius 2 is 1.86 bits per heavy atom. The van der Waals surface area contributed by atoms with Crippen LogP contribution in [-0.2, 0) is 10.0 Å². The summed E-state index contributed by atoms with van der Waals surface area (Å²) in [6.45, 7) is 6.01. The summed E-state index contributed by atoms with van der Waals surface area (Å²) in [5, 5.41) is 7.47. The molecule has 0 aliphatic carbocycles. The molecule has 0 aliphatic heterocycles. The molecule has 0 saturated heterocycles. The second-order valence-corrected chi connectivity index (χ2v) is 8.05. The van der Waals surface area contributed by atoms with E-state index in [-0.39, 0.29) is 11.4 Å². The lowest BCUT2D eigenvalue weighted by Crippen LogP contribution is -2.29. The number of nitrogens with zero attached hydrogens (tertiary/aromatic N) is 4. The highest BCUT2D eigenvalue weighted by atomic mass is 32.2. The topological polar surface area (TPSA) is 102 Å². The number of aromatic nitrogens is 4. The van der Waals surface area contributed by atoms with Crippen LogP contribution in [0.25, 0.3) is 5.82 Å². The Hall–Kier alpha value is -2.85. The van der Waals surface area contributed by atoms with Gasteiger partial charge in [0.2, 0.25) is 10.0 Å². The van der Waals surface area contributed by atoms with Crippen molar-refractivity contribution >= 4 is 15.8 Å². The van der Waals surface area contributed by atoms with E-state index in [4.69, 9.17) is 0 Å². The van der Waals surface area contributed by atoms with E-state index in [1.54, 1.807) is 17.7 Å². The Kier molecular flexibility index (Phi) is 5.71. The number of nitrogens with one attached hydrogen (secondary N) is 2. The second kappa shape index (κ2) is 8.03. The molecule has 0 fully saturated rings. The number of hydrogen-bond donors (Lipinski definition) is 2. The van der Waals surface area contributed by atoms with Crippen molar-refractivity contribution in [1.82, 2.24) is 24.5 Å². The fourth-order valence-electron chi connectivity index (χ4n) is 2.71. The summed E-state index contributed by atoms with van der Waals surface area (Å²) in [5.41, 5.74) is 1.83. The smallest absolute Gasteiger partial charge is 0.240 e. The molecule has 2 N–H and O–H groups in total. The summed E-state index contributed by atoms with van der Waals surface area (Å²) in [4.78, 5) is 8.59. The van der Waals surface area contributed by atoms with Crippen LogP contribution in [-0.4, -0.2) is 41.3 Å². The molecule has 10 heteroatoms. The van der Waals surface area contributed by atoms with Crippen LogP contribution < -0.4 is 10.0 Å². The molecule has 0 spiro atoms. The summed E-state index contributed by atoms with van der Waals surface area (Å²) in [5.74, 6) is 1.14. The van der Waals surface area contributed by atoms with Crippen LogP contribution in [0.1, 0.15) is 17.2 Å². The average molecular weight is 404 g/mol. The van der Waals surface area contributed by atoms with E-state index in [9.17, 15) is 12.8 Å². The summed E-state index contributed by atoms with van der Waals surface area (Å²) in [7, 11) is -3.78. The Balaban J connectivity index is 1.64. The molecule has 0 bridgehead atoms. The van der Waals surface area contributed by atoms with Gasteiger partial charge in [0, 0.05) is 24.8 Å². The van der Waals surface area contributed by atoms with Crippen molar-refractivity contribution in [3.63, 3.8) is 0 Å². The second-order valence-electron chi connectivity index (χ2n) is 6.28. The van der Waals surface area contributed by atoms with Crippen molar-refractivity contribution in [2.45, 2.75) is 25.7 Å². The lowest BCUT2D eigenvalue weighted by atomic mass is 10.4. The minimum atomic E-state index is -3.78.